The molecule has 1 aliphatic heterocycles. The molecule has 2 amide bonds. The van der Waals surface area contributed by atoms with Gasteiger partial charge in [-0.3, -0.25) is 9.59 Å². The summed E-state index contributed by atoms with van der Waals surface area (Å²) < 4.78 is 29.6. The zero-order valence-corrected chi connectivity index (χ0v) is 14.3. The highest BCUT2D eigenvalue weighted by Gasteiger charge is 2.37. The molecular weight excluding hydrogens is 354 g/mol. The Bertz CT molecular complexity index is 1090. The molecule has 0 unspecified atom stereocenters. The SMILES string of the molecule is O=C1c2cccc3cccc(c23)C(=O)N1OS(=O)(=O)Cc1ccccc1. The zero-order valence-electron chi connectivity index (χ0n) is 13.5. The molecule has 0 aromatic heterocycles. The van der Waals surface area contributed by atoms with Gasteiger partial charge in [-0.15, -0.1) is 9.35 Å². The smallest absolute Gasteiger partial charge is 0.266 e. The fourth-order valence-electron chi connectivity index (χ4n) is 2.99. The highest BCUT2D eigenvalue weighted by molar-refractivity contribution is 7.85. The number of imide groups is 1. The van der Waals surface area contributed by atoms with E-state index in [1.54, 1.807) is 66.7 Å². The third-order valence-corrected chi connectivity index (χ3v) is 5.17. The first-order valence-electron chi connectivity index (χ1n) is 7.83. The summed E-state index contributed by atoms with van der Waals surface area (Å²) in [5.74, 6) is -2.04. The molecule has 0 radical (unpaired) electrons. The quantitative estimate of drug-likeness (QED) is 0.663. The predicted octanol–water partition coefficient (Wildman–Crippen LogP) is 2.90. The van der Waals surface area contributed by atoms with E-state index < -0.39 is 27.7 Å². The predicted molar refractivity (Wildman–Crippen MR) is 94.6 cm³/mol. The van der Waals surface area contributed by atoms with E-state index in [0.29, 0.717) is 16.0 Å². The monoisotopic (exact) mass is 367 g/mol. The van der Waals surface area contributed by atoms with Crippen LogP contribution in [0.5, 0.6) is 0 Å². The molecule has 0 atom stereocenters. The van der Waals surface area contributed by atoms with Crippen LogP contribution in [-0.4, -0.2) is 25.3 Å². The fraction of sp³-hybridized carbons (Fsp3) is 0.0526. The van der Waals surface area contributed by atoms with E-state index in [-0.39, 0.29) is 11.1 Å². The highest BCUT2D eigenvalue weighted by Crippen LogP contribution is 2.30. The van der Waals surface area contributed by atoms with Gasteiger partial charge in [-0.05, 0) is 23.1 Å². The summed E-state index contributed by atoms with van der Waals surface area (Å²) in [5.41, 5.74) is 0.951. The van der Waals surface area contributed by atoms with Crippen LogP contribution in [-0.2, 0) is 20.2 Å². The molecule has 7 heteroatoms. The minimum atomic E-state index is -4.19. The Kier molecular flexibility index (Phi) is 3.82. The summed E-state index contributed by atoms with van der Waals surface area (Å²) in [6.07, 6.45) is 0. The lowest BCUT2D eigenvalue weighted by atomic mass is 9.95. The molecule has 1 aliphatic rings. The first-order chi connectivity index (χ1) is 12.5. The first kappa shape index (κ1) is 16.4. The van der Waals surface area contributed by atoms with Crippen molar-refractivity contribution in [2.45, 2.75) is 5.75 Å². The number of benzene rings is 3. The summed E-state index contributed by atoms with van der Waals surface area (Å²) in [4.78, 5) is 25.3. The van der Waals surface area contributed by atoms with Gasteiger partial charge in [0.15, 0.2) is 0 Å². The third kappa shape index (κ3) is 2.77. The maximum Gasteiger partial charge on any atom is 0.292 e. The van der Waals surface area contributed by atoms with Crippen LogP contribution in [0.4, 0.5) is 0 Å². The van der Waals surface area contributed by atoms with Crippen LogP contribution < -0.4 is 0 Å². The third-order valence-electron chi connectivity index (χ3n) is 4.11. The van der Waals surface area contributed by atoms with Crippen molar-refractivity contribution in [1.82, 2.24) is 5.06 Å². The van der Waals surface area contributed by atoms with Gasteiger partial charge in [0.2, 0.25) is 0 Å². The number of hydrogen-bond acceptors (Lipinski definition) is 5. The lowest BCUT2D eigenvalue weighted by molar-refractivity contribution is -0.0156. The molecule has 4 rings (SSSR count). The fourth-order valence-corrected chi connectivity index (χ4v) is 4.01. The minimum Gasteiger partial charge on any atom is -0.266 e. The molecule has 0 aliphatic carbocycles. The minimum absolute atomic E-state index is 0.229. The van der Waals surface area contributed by atoms with Gasteiger partial charge in [0.05, 0.1) is 11.1 Å². The van der Waals surface area contributed by atoms with Crippen LogP contribution in [0.25, 0.3) is 10.8 Å². The average Bonchev–Trinajstić information content (AvgIpc) is 2.63. The zero-order chi connectivity index (χ0) is 18.3. The van der Waals surface area contributed by atoms with E-state index in [4.69, 9.17) is 4.28 Å². The van der Waals surface area contributed by atoms with Crippen LogP contribution in [0.15, 0.2) is 66.7 Å². The molecule has 0 saturated heterocycles. The summed E-state index contributed by atoms with van der Waals surface area (Å²) in [6, 6.07) is 18.4. The van der Waals surface area contributed by atoms with E-state index >= 15 is 0 Å². The second-order valence-corrected chi connectivity index (χ2v) is 7.43. The molecule has 0 spiro atoms. The lowest BCUT2D eigenvalue weighted by Crippen LogP contribution is -2.41. The second-order valence-electron chi connectivity index (χ2n) is 5.88. The molecule has 0 fully saturated rings. The Balaban J connectivity index is 1.70. The molecule has 0 saturated carbocycles. The lowest BCUT2D eigenvalue weighted by Gasteiger charge is -2.25. The van der Waals surface area contributed by atoms with Gasteiger partial charge in [-0.25, -0.2) is 0 Å². The number of amides is 2. The molecule has 26 heavy (non-hydrogen) atoms. The van der Waals surface area contributed by atoms with Crippen molar-refractivity contribution in [1.29, 1.82) is 0 Å². The Morgan fingerprint density at radius 1 is 0.769 bits per heavy atom. The largest absolute Gasteiger partial charge is 0.292 e. The average molecular weight is 367 g/mol. The molecule has 6 nitrogen and oxygen atoms in total. The summed E-state index contributed by atoms with van der Waals surface area (Å²) >= 11 is 0. The number of hydroxylamine groups is 2. The molecular formula is C19H13NO5S. The molecule has 0 N–H and O–H groups in total. The van der Waals surface area contributed by atoms with Crippen molar-refractivity contribution in [2.75, 3.05) is 0 Å². The van der Waals surface area contributed by atoms with Crippen LogP contribution in [0.1, 0.15) is 26.3 Å². The van der Waals surface area contributed by atoms with Crippen molar-refractivity contribution in [2.24, 2.45) is 0 Å². The van der Waals surface area contributed by atoms with Crippen LogP contribution in [0.2, 0.25) is 0 Å². The Morgan fingerprint density at radius 2 is 1.35 bits per heavy atom. The van der Waals surface area contributed by atoms with Gasteiger partial charge in [0, 0.05) is 5.39 Å². The standard InChI is InChI=1S/C19H13NO5S/c21-18-15-10-4-8-14-9-5-11-16(17(14)15)19(22)20(18)25-26(23,24)12-13-6-2-1-3-7-13/h1-11H,12H2. The number of carbonyl (C=O) groups excluding carboxylic acids is 2. The topological polar surface area (TPSA) is 80.8 Å². The Hall–Kier alpha value is -3.03. The second kappa shape index (κ2) is 6.05. The van der Waals surface area contributed by atoms with E-state index in [2.05, 4.69) is 0 Å². The maximum atomic E-state index is 12.7. The van der Waals surface area contributed by atoms with Crippen molar-refractivity contribution in [3.8, 4) is 0 Å². The van der Waals surface area contributed by atoms with E-state index in [9.17, 15) is 18.0 Å². The van der Waals surface area contributed by atoms with Gasteiger partial charge in [-0.1, -0.05) is 54.6 Å². The van der Waals surface area contributed by atoms with Gasteiger partial charge >= 0.3 is 0 Å². The molecule has 0 bridgehead atoms. The van der Waals surface area contributed by atoms with E-state index in [1.165, 1.54) is 0 Å². The van der Waals surface area contributed by atoms with Gasteiger partial charge in [0.1, 0.15) is 5.75 Å². The van der Waals surface area contributed by atoms with Crippen LogP contribution >= 0.6 is 0 Å². The van der Waals surface area contributed by atoms with E-state index in [1.807, 2.05) is 0 Å². The number of carbonyl (C=O) groups is 2. The highest BCUT2D eigenvalue weighted by atomic mass is 32.2. The van der Waals surface area contributed by atoms with Crippen molar-refractivity contribution in [3.63, 3.8) is 0 Å². The Labute approximate surface area is 149 Å². The van der Waals surface area contributed by atoms with Crippen LogP contribution in [0, 0.1) is 0 Å². The number of nitrogens with zero attached hydrogens (tertiary/aromatic N) is 1. The molecule has 3 aromatic rings. The summed E-state index contributed by atoms with van der Waals surface area (Å²) in [6.45, 7) is 0. The van der Waals surface area contributed by atoms with Crippen molar-refractivity contribution >= 4 is 32.7 Å². The summed E-state index contributed by atoms with van der Waals surface area (Å²) in [5, 5.41) is 1.56. The number of hydrogen-bond donors (Lipinski definition) is 0. The van der Waals surface area contributed by atoms with Gasteiger partial charge in [0.25, 0.3) is 21.9 Å². The molecule has 1 heterocycles. The Morgan fingerprint density at radius 3 is 1.92 bits per heavy atom. The first-order valence-corrected chi connectivity index (χ1v) is 9.41. The summed E-state index contributed by atoms with van der Waals surface area (Å²) in [7, 11) is -4.19. The van der Waals surface area contributed by atoms with Crippen LogP contribution in [0.3, 0.4) is 0 Å². The van der Waals surface area contributed by atoms with E-state index in [0.717, 1.165) is 5.39 Å². The number of rotatable bonds is 4. The molecule has 3 aromatic carbocycles. The van der Waals surface area contributed by atoms with Gasteiger partial charge in [-0.2, -0.15) is 8.42 Å². The molecule has 130 valence electrons. The normalized spacial score (nSPS) is 14.1. The maximum absolute atomic E-state index is 12.7. The van der Waals surface area contributed by atoms with Gasteiger partial charge < -0.3 is 0 Å². The van der Waals surface area contributed by atoms with Crippen molar-refractivity contribution < 1.29 is 22.3 Å². The van der Waals surface area contributed by atoms with Crippen molar-refractivity contribution in [3.05, 3.63) is 83.4 Å².